The molecule has 1 atom stereocenters. The Kier molecular flexibility index (Phi) is 6.72. The summed E-state index contributed by atoms with van der Waals surface area (Å²) in [5, 5.41) is 14.3. The van der Waals surface area contributed by atoms with E-state index in [9.17, 15) is 9.50 Å². The number of rotatable bonds is 7. The molecule has 4 nitrogen and oxygen atoms in total. The van der Waals surface area contributed by atoms with Gasteiger partial charge in [-0.25, -0.2) is 4.39 Å². The molecule has 140 valence electrons. The third kappa shape index (κ3) is 5.87. The third-order valence-corrected chi connectivity index (χ3v) is 4.78. The van der Waals surface area contributed by atoms with Crippen molar-refractivity contribution in [2.75, 3.05) is 31.6 Å². The number of ether oxygens (including phenoxy) is 1. The Bertz CT molecular complexity index is 673. The molecule has 26 heavy (non-hydrogen) atoms. The van der Waals surface area contributed by atoms with Crippen LogP contribution in [0.3, 0.4) is 0 Å². The number of halogens is 2. The number of piperidine rings is 1. The van der Waals surface area contributed by atoms with Crippen LogP contribution in [0.5, 0.6) is 5.75 Å². The van der Waals surface area contributed by atoms with E-state index in [1.165, 1.54) is 12.1 Å². The minimum absolute atomic E-state index is 0.222. The second-order valence-corrected chi connectivity index (χ2v) is 7.08. The maximum atomic E-state index is 13.0. The van der Waals surface area contributed by atoms with E-state index in [0.717, 1.165) is 31.6 Å². The van der Waals surface area contributed by atoms with Crippen molar-refractivity contribution in [3.63, 3.8) is 0 Å². The second-order valence-electron chi connectivity index (χ2n) is 6.64. The van der Waals surface area contributed by atoms with Gasteiger partial charge in [-0.15, -0.1) is 0 Å². The highest BCUT2D eigenvalue weighted by Gasteiger charge is 2.21. The number of aliphatic hydroxyl groups is 1. The van der Waals surface area contributed by atoms with Crippen LogP contribution in [0.1, 0.15) is 12.8 Å². The van der Waals surface area contributed by atoms with Crippen molar-refractivity contribution in [3.05, 3.63) is 59.4 Å². The van der Waals surface area contributed by atoms with Crippen molar-refractivity contribution >= 4 is 17.3 Å². The van der Waals surface area contributed by atoms with Gasteiger partial charge >= 0.3 is 0 Å². The van der Waals surface area contributed by atoms with E-state index in [-0.39, 0.29) is 12.4 Å². The number of nitrogens with zero attached hydrogens (tertiary/aromatic N) is 1. The highest BCUT2D eigenvalue weighted by molar-refractivity contribution is 6.30. The second kappa shape index (κ2) is 9.21. The first kappa shape index (κ1) is 19.0. The summed E-state index contributed by atoms with van der Waals surface area (Å²) in [7, 11) is 0. The predicted molar refractivity (Wildman–Crippen MR) is 102 cm³/mol. The summed E-state index contributed by atoms with van der Waals surface area (Å²) in [5.41, 5.74) is 0.946. The Morgan fingerprint density at radius 2 is 1.77 bits per heavy atom. The lowest BCUT2D eigenvalue weighted by molar-refractivity contribution is 0.0605. The van der Waals surface area contributed by atoms with Crippen LogP contribution in [-0.4, -0.2) is 48.4 Å². The molecule has 0 amide bonds. The SMILES string of the molecule is OC(COc1ccc(Cl)cc1)CN1CCC(Nc2ccc(F)cc2)CC1. The number of nitrogens with one attached hydrogen (secondary N) is 1. The van der Waals surface area contributed by atoms with Gasteiger partial charge in [0, 0.05) is 36.4 Å². The predicted octanol–water partition coefficient (Wildman–Crippen LogP) is 3.80. The fraction of sp³-hybridized carbons (Fsp3) is 0.400. The van der Waals surface area contributed by atoms with Gasteiger partial charge in [0.25, 0.3) is 0 Å². The standard InChI is InChI=1S/C20H24ClFN2O2/c21-15-1-7-20(8-2-15)26-14-19(25)13-24-11-9-18(10-12-24)23-17-5-3-16(22)4-6-17/h1-8,18-19,23,25H,9-14H2. The van der Waals surface area contributed by atoms with Crippen LogP contribution in [0, 0.1) is 5.82 Å². The molecule has 1 saturated heterocycles. The minimum atomic E-state index is -0.535. The van der Waals surface area contributed by atoms with Gasteiger partial charge in [-0.1, -0.05) is 11.6 Å². The van der Waals surface area contributed by atoms with Crippen LogP contribution >= 0.6 is 11.6 Å². The number of anilines is 1. The monoisotopic (exact) mass is 378 g/mol. The lowest BCUT2D eigenvalue weighted by atomic mass is 10.0. The van der Waals surface area contributed by atoms with E-state index in [0.29, 0.717) is 23.4 Å². The van der Waals surface area contributed by atoms with E-state index < -0.39 is 6.10 Å². The zero-order valence-corrected chi connectivity index (χ0v) is 15.3. The van der Waals surface area contributed by atoms with Crippen molar-refractivity contribution in [2.45, 2.75) is 25.0 Å². The van der Waals surface area contributed by atoms with E-state index in [1.54, 1.807) is 36.4 Å². The van der Waals surface area contributed by atoms with Crippen molar-refractivity contribution in [3.8, 4) is 5.75 Å². The zero-order chi connectivity index (χ0) is 18.4. The average molecular weight is 379 g/mol. The van der Waals surface area contributed by atoms with Crippen molar-refractivity contribution < 1.29 is 14.2 Å². The lowest BCUT2D eigenvalue weighted by Gasteiger charge is -2.33. The molecule has 1 heterocycles. The van der Waals surface area contributed by atoms with Crippen LogP contribution in [0.15, 0.2) is 48.5 Å². The molecule has 1 unspecified atom stereocenters. The van der Waals surface area contributed by atoms with Crippen LogP contribution in [-0.2, 0) is 0 Å². The molecule has 1 fully saturated rings. The summed E-state index contributed by atoms with van der Waals surface area (Å²) in [4.78, 5) is 2.25. The van der Waals surface area contributed by atoms with Gasteiger partial charge in [-0.3, -0.25) is 0 Å². The van der Waals surface area contributed by atoms with E-state index in [1.807, 2.05) is 0 Å². The molecule has 3 rings (SSSR count). The van der Waals surface area contributed by atoms with Gasteiger partial charge in [0.05, 0.1) is 0 Å². The lowest BCUT2D eigenvalue weighted by Crippen LogP contribution is -2.43. The largest absolute Gasteiger partial charge is 0.491 e. The molecule has 6 heteroatoms. The summed E-state index contributed by atoms with van der Waals surface area (Å²) in [6.45, 7) is 2.68. The first-order valence-electron chi connectivity index (χ1n) is 8.89. The zero-order valence-electron chi connectivity index (χ0n) is 14.6. The number of hydrogen-bond acceptors (Lipinski definition) is 4. The van der Waals surface area contributed by atoms with Gasteiger partial charge in [0.1, 0.15) is 24.3 Å². The van der Waals surface area contributed by atoms with Crippen molar-refractivity contribution in [2.24, 2.45) is 0 Å². The topological polar surface area (TPSA) is 44.7 Å². The third-order valence-electron chi connectivity index (χ3n) is 4.53. The summed E-state index contributed by atoms with van der Waals surface area (Å²) in [6.07, 6.45) is 1.44. The van der Waals surface area contributed by atoms with Gasteiger partial charge < -0.3 is 20.1 Å². The van der Waals surface area contributed by atoms with Gasteiger partial charge in [0.2, 0.25) is 0 Å². The molecule has 2 aromatic carbocycles. The quantitative estimate of drug-likeness (QED) is 0.769. The Balaban J connectivity index is 1.36. The number of likely N-dealkylation sites (tertiary alicyclic amines) is 1. The maximum absolute atomic E-state index is 13.0. The van der Waals surface area contributed by atoms with E-state index in [4.69, 9.17) is 16.3 Å². The van der Waals surface area contributed by atoms with Crippen LogP contribution in [0.4, 0.5) is 10.1 Å². The molecule has 0 saturated carbocycles. The molecule has 0 bridgehead atoms. The normalized spacial score (nSPS) is 17.0. The summed E-state index contributed by atoms with van der Waals surface area (Å²) in [5.74, 6) is 0.482. The molecule has 0 radical (unpaired) electrons. The Hall–Kier alpha value is -1.82. The van der Waals surface area contributed by atoms with Crippen LogP contribution < -0.4 is 10.1 Å². The molecule has 0 aliphatic carbocycles. The Morgan fingerprint density at radius 1 is 1.12 bits per heavy atom. The summed E-state index contributed by atoms with van der Waals surface area (Å²) in [6, 6.07) is 14.0. The molecular weight excluding hydrogens is 355 g/mol. The van der Waals surface area contributed by atoms with Crippen molar-refractivity contribution in [1.82, 2.24) is 4.90 Å². The fourth-order valence-electron chi connectivity index (χ4n) is 3.12. The van der Waals surface area contributed by atoms with Crippen LogP contribution in [0.25, 0.3) is 0 Å². The van der Waals surface area contributed by atoms with E-state index >= 15 is 0 Å². The fourth-order valence-corrected chi connectivity index (χ4v) is 3.24. The molecule has 2 N–H and O–H groups in total. The number of aliphatic hydroxyl groups excluding tert-OH is 1. The molecular formula is C20H24ClFN2O2. The summed E-state index contributed by atoms with van der Waals surface area (Å²) < 4.78 is 18.5. The maximum Gasteiger partial charge on any atom is 0.123 e. The molecule has 0 aromatic heterocycles. The van der Waals surface area contributed by atoms with Crippen LogP contribution in [0.2, 0.25) is 5.02 Å². The highest BCUT2D eigenvalue weighted by Crippen LogP contribution is 2.18. The average Bonchev–Trinajstić information content (AvgIpc) is 2.65. The Labute approximate surface area is 158 Å². The summed E-state index contributed by atoms with van der Waals surface area (Å²) >= 11 is 5.84. The molecule has 2 aromatic rings. The van der Waals surface area contributed by atoms with Crippen molar-refractivity contribution in [1.29, 1.82) is 0 Å². The van der Waals surface area contributed by atoms with Gasteiger partial charge in [0.15, 0.2) is 0 Å². The molecule has 0 spiro atoms. The molecule has 1 aliphatic rings. The number of hydrogen-bond donors (Lipinski definition) is 2. The number of benzene rings is 2. The first-order chi connectivity index (χ1) is 12.6. The Morgan fingerprint density at radius 3 is 2.42 bits per heavy atom. The number of β-amino-alcohol motifs (C(OH)–C–C–N with tert-alkyl or cyclic N) is 1. The highest BCUT2D eigenvalue weighted by atomic mass is 35.5. The van der Waals surface area contributed by atoms with E-state index in [2.05, 4.69) is 10.2 Å². The minimum Gasteiger partial charge on any atom is -0.491 e. The van der Waals surface area contributed by atoms with Gasteiger partial charge in [-0.05, 0) is 61.4 Å². The first-order valence-corrected chi connectivity index (χ1v) is 9.27. The smallest absolute Gasteiger partial charge is 0.123 e. The molecule has 1 aliphatic heterocycles. The van der Waals surface area contributed by atoms with Gasteiger partial charge in [-0.2, -0.15) is 0 Å².